The fraction of sp³-hybridized carbons (Fsp3) is 0.491. The lowest BCUT2D eigenvalue weighted by Gasteiger charge is -2.42. The van der Waals surface area contributed by atoms with Gasteiger partial charge in [0.2, 0.25) is 17.7 Å². The number of piperidine rings is 1. The lowest BCUT2D eigenvalue weighted by atomic mass is 9.82. The zero-order valence-corrected chi connectivity index (χ0v) is 43.5. The first kappa shape index (κ1) is 59.7. The highest BCUT2D eigenvalue weighted by molar-refractivity contribution is 6.15. The van der Waals surface area contributed by atoms with E-state index in [4.69, 9.17) is 21.9 Å². The Bertz CT molecular complexity index is 2610. The molecular weight excluding hydrogens is 991 g/mol. The summed E-state index contributed by atoms with van der Waals surface area (Å²) in [6, 6.07) is 5.64. The summed E-state index contributed by atoms with van der Waals surface area (Å²) in [5, 5.41) is 18.5. The number of nitrogens with two attached hydrogens (primary N) is 3. The molecule has 0 radical (unpaired) electrons. The number of aromatic nitrogens is 1. The molecule has 1 aromatic heterocycles. The Hall–Kier alpha value is -7.21. The van der Waals surface area contributed by atoms with E-state index in [0.717, 1.165) is 35.9 Å². The number of urea groups is 1. The average molecular weight is 1060 g/mol. The number of nitrogens with one attached hydrogen (secondary N) is 3. The van der Waals surface area contributed by atoms with E-state index in [1.54, 1.807) is 26.1 Å². The quantitative estimate of drug-likeness (QED) is 0.0276. The van der Waals surface area contributed by atoms with E-state index >= 15 is 9.18 Å². The van der Waals surface area contributed by atoms with Gasteiger partial charge in [-0.15, -0.1) is 0 Å². The van der Waals surface area contributed by atoms with Crippen molar-refractivity contribution < 1.29 is 61.8 Å². The molecule has 76 heavy (non-hydrogen) atoms. The third kappa shape index (κ3) is 15.9. The predicted molar refractivity (Wildman–Crippen MR) is 274 cm³/mol. The Morgan fingerprint density at radius 3 is 2.17 bits per heavy atom. The second-order valence-electron chi connectivity index (χ2n) is 20.4. The molecule has 7 amide bonds. The topological polar surface area (TPSA) is 312 Å². The molecule has 412 valence electrons. The van der Waals surface area contributed by atoms with Gasteiger partial charge in [0, 0.05) is 60.8 Å². The van der Waals surface area contributed by atoms with Crippen molar-refractivity contribution in [3.8, 4) is 11.1 Å². The van der Waals surface area contributed by atoms with Gasteiger partial charge in [-0.1, -0.05) is 65.0 Å². The van der Waals surface area contributed by atoms with Crippen LogP contribution in [0.3, 0.4) is 0 Å². The minimum absolute atomic E-state index is 0.00611. The Balaban J connectivity index is 1.48. The number of carbonyl (C=O) groups excluding carboxylic acids is 9. The van der Waals surface area contributed by atoms with Gasteiger partial charge in [-0.05, 0) is 86.4 Å². The molecule has 3 heterocycles. The van der Waals surface area contributed by atoms with E-state index in [-0.39, 0.29) is 57.3 Å². The molecule has 0 spiro atoms. The Kier molecular flexibility index (Phi) is 21.2. The standard InChI is InChI=1S/C53H70F2N10O11/c1-31(2)47(51(74)76-50(73)39(57)12-9-20-60-52(58)75)61-43(68)26-40(42(67)29-64-44(69)15-16-45(64)70)65(35-17-21-59-22-18-35)49(72)38(56)19-23-63(46(71)30-66)48(53(3,4)5)41-24-33(36-25-34(54)13-14-37(36)55)28-62(41)27-32-10-7-6-8-11-32/h6-8,10-11,13-16,24-25,28,31,35,38-40,47-48,59,66H,9,12,17-23,26-27,29-30,56-57H2,1-5H3,(H,61,68)(H3,58,60,75)/t38-,39-,40?,47-,48-/m0/s1. The monoisotopic (exact) mass is 1060 g/mol. The minimum atomic E-state index is -1.70. The third-order valence-corrected chi connectivity index (χ3v) is 13.2. The second-order valence-corrected chi connectivity index (χ2v) is 20.4. The maximum Gasteiger partial charge on any atom is 0.336 e. The van der Waals surface area contributed by atoms with E-state index in [9.17, 15) is 47.9 Å². The number of rotatable bonds is 25. The molecular formula is C53H70F2N10O11. The summed E-state index contributed by atoms with van der Waals surface area (Å²) in [6.45, 7) is 7.66. The first-order valence-electron chi connectivity index (χ1n) is 25.2. The molecule has 10 N–H and O–H groups in total. The molecule has 21 nitrogen and oxygen atoms in total. The largest absolute Gasteiger partial charge is 0.390 e. The smallest absolute Gasteiger partial charge is 0.336 e. The molecule has 0 bridgehead atoms. The predicted octanol–water partition coefficient (Wildman–Crippen LogP) is 1.93. The minimum Gasteiger partial charge on any atom is -0.390 e. The number of halogens is 2. The van der Waals surface area contributed by atoms with Gasteiger partial charge in [0.15, 0.2) is 5.78 Å². The van der Waals surface area contributed by atoms with Gasteiger partial charge in [-0.25, -0.2) is 23.2 Å². The number of hydrogen-bond donors (Lipinski definition) is 7. The van der Waals surface area contributed by atoms with Crippen molar-refractivity contribution in [2.45, 2.75) is 116 Å². The van der Waals surface area contributed by atoms with E-state index in [2.05, 4.69) is 16.0 Å². The summed E-state index contributed by atoms with van der Waals surface area (Å²) in [5.74, 6) is -9.39. The normalized spacial score (nSPS) is 15.9. The number of Topliss-reactive ketones (excluding diaryl/α,β-unsaturated/α-hetero) is 1. The van der Waals surface area contributed by atoms with E-state index in [1.165, 1.54) is 9.80 Å². The number of amides is 7. The van der Waals surface area contributed by atoms with Crippen LogP contribution in [-0.2, 0) is 49.6 Å². The van der Waals surface area contributed by atoms with Crippen LogP contribution in [0.1, 0.15) is 90.4 Å². The van der Waals surface area contributed by atoms with Crippen LogP contribution in [0.4, 0.5) is 13.6 Å². The molecule has 23 heteroatoms. The zero-order valence-electron chi connectivity index (χ0n) is 43.5. The molecule has 0 aliphatic carbocycles. The molecule has 5 atom stereocenters. The maximum atomic E-state index is 15.4. The number of nitrogens with zero attached hydrogens (tertiary/aromatic N) is 4. The van der Waals surface area contributed by atoms with Gasteiger partial charge >= 0.3 is 18.0 Å². The lowest BCUT2D eigenvalue weighted by Crippen LogP contribution is -2.60. The summed E-state index contributed by atoms with van der Waals surface area (Å²) in [6.07, 6.45) is 3.26. The van der Waals surface area contributed by atoms with Gasteiger partial charge in [0.1, 0.15) is 36.4 Å². The highest BCUT2D eigenvalue weighted by Crippen LogP contribution is 2.41. The summed E-state index contributed by atoms with van der Waals surface area (Å²) >= 11 is 0. The van der Waals surface area contributed by atoms with Crippen LogP contribution in [0, 0.1) is 23.0 Å². The summed E-state index contributed by atoms with van der Waals surface area (Å²) in [5.41, 5.74) is 18.6. The van der Waals surface area contributed by atoms with Crippen LogP contribution < -0.4 is 33.2 Å². The first-order valence-corrected chi connectivity index (χ1v) is 25.2. The summed E-state index contributed by atoms with van der Waals surface area (Å²) < 4.78 is 36.9. The fourth-order valence-corrected chi connectivity index (χ4v) is 9.38. The zero-order chi connectivity index (χ0) is 56.0. The average Bonchev–Trinajstić information content (AvgIpc) is 3.93. The van der Waals surface area contributed by atoms with Crippen LogP contribution in [0.2, 0.25) is 0 Å². The maximum absolute atomic E-state index is 15.4. The summed E-state index contributed by atoms with van der Waals surface area (Å²) in [7, 11) is 0. The Morgan fingerprint density at radius 1 is 0.908 bits per heavy atom. The third-order valence-electron chi connectivity index (χ3n) is 13.2. The molecule has 3 aromatic rings. The molecule has 5 rings (SSSR count). The molecule has 0 saturated carbocycles. The van der Waals surface area contributed by atoms with E-state index < -0.39 is 132 Å². The number of ether oxygens (including phenoxy) is 1. The number of hydrogen-bond acceptors (Lipinski definition) is 14. The Labute approximate surface area is 439 Å². The van der Waals surface area contributed by atoms with Crippen molar-refractivity contribution in [3.63, 3.8) is 0 Å². The number of benzene rings is 2. The van der Waals surface area contributed by atoms with Crippen molar-refractivity contribution in [2.75, 3.05) is 39.3 Å². The molecule has 2 aliphatic rings. The number of aliphatic hydroxyl groups is 1. The molecule has 1 unspecified atom stereocenters. The SMILES string of the molecule is CC(C)[C@H](NC(=O)CC(C(=O)CN1C(=O)C=CC1=O)N(C(=O)[C@@H](N)CCN(C(=O)CO)[C@@H](c1cc(-c2cc(F)ccc2F)cn1Cc1ccccc1)C(C)(C)C)C1CCNCC1)C(=O)OC(=O)[C@@H](N)CCCNC(N)=O. The number of primary amides is 1. The fourth-order valence-electron chi connectivity index (χ4n) is 9.38. The number of carbonyl (C=O) groups is 9. The van der Waals surface area contributed by atoms with Gasteiger partial charge < -0.3 is 57.4 Å². The van der Waals surface area contributed by atoms with Gasteiger partial charge in [-0.2, -0.15) is 0 Å². The molecule has 2 aromatic carbocycles. The Morgan fingerprint density at radius 2 is 1.57 bits per heavy atom. The van der Waals surface area contributed by atoms with Crippen LogP contribution in [0.15, 0.2) is 72.9 Å². The summed E-state index contributed by atoms with van der Waals surface area (Å²) in [4.78, 5) is 124. The van der Waals surface area contributed by atoms with Crippen molar-refractivity contribution >= 4 is 53.3 Å². The molecule has 1 fully saturated rings. The second kappa shape index (κ2) is 27.0. The first-order chi connectivity index (χ1) is 35.9. The van der Waals surface area contributed by atoms with Crippen LogP contribution in [0.5, 0.6) is 0 Å². The van der Waals surface area contributed by atoms with Crippen molar-refractivity contribution in [3.05, 3.63) is 95.8 Å². The van der Waals surface area contributed by atoms with Crippen LogP contribution >= 0.6 is 0 Å². The van der Waals surface area contributed by atoms with Gasteiger partial charge in [0.05, 0.1) is 25.0 Å². The highest BCUT2D eigenvalue weighted by Gasteiger charge is 2.43. The number of imide groups is 1. The van der Waals surface area contributed by atoms with Crippen molar-refractivity contribution in [1.29, 1.82) is 0 Å². The number of aliphatic hydroxyl groups excluding tert-OH is 1. The highest BCUT2D eigenvalue weighted by atomic mass is 19.1. The van der Waals surface area contributed by atoms with E-state index in [1.807, 2.05) is 55.7 Å². The van der Waals surface area contributed by atoms with E-state index in [0.29, 0.717) is 29.2 Å². The number of ketones is 1. The van der Waals surface area contributed by atoms with Crippen molar-refractivity contribution in [2.24, 2.45) is 28.5 Å². The van der Waals surface area contributed by atoms with Gasteiger partial charge in [0.25, 0.3) is 11.8 Å². The van der Waals surface area contributed by atoms with Crippen molar-refractivity contribution in [1.82, 2.24) is 35.2 Å². The van der Waals surface area contributed by atoms with Gasteiger partial charge in [-0.3, -0.25) is 33.7 Å². The van der Waals surface area contributed by atoms with Crippen LogP contribution in [0.25, 0.3) is 11.1 Å². The molecule has 1 saturated heterocycles. The van der Waals surface area contributed by atoms with Crippen LogP contribution in [-0.4, -0.2) is 147 Å². The molecule has 2 aliphatic heterocycles. The number of esters is 2. The lowest BCUT2D eigenvalue weighted by molar-refractivity contribution is -0.164.